The lowest BCUT2D eigenvalue weighted by Gasteiger charge is -2.29. The number of anilines is 1. The van der Waals surface area contributed by atoms with Gasteiger partial charge in [-0.15, -0.1) is 0 Å². The van der Waals surface area contributed by atoms with Crippen molar-refractivity contribution in [1.29, 1.82) is 0 Å². The normalized spacial score (nSPS) is 16.0. The molecule has 0 aromatic heterocycles. The summed E-state index contributed by atoms with van der Waals surface area (Å²) in [4.78, 5) is 12.9. The van der Waals surface area contributed by atoms with Gasteiger partial charge in [0, 0.05) is 0 Å². The van der Waals surface area contributed by atoms with E-state index in [2.05, 4.69) is 23.5 Å². The zero-order valence-corrected chi connectivity index (χ0v) is 17.5. The van der Waals surface area contributed by atoms with Gasteiger partial charge >= 0.3 is 0 Å². The van der Waals surface area contributed by atoms with Gasteiger partial charge in [-0.2, -0.15) is 0 Å². The van der Waals surface area contributed by atoms with E-state index in [1.165, 1.54) is 28.3 Å². The Morgan fingerprint density at radius 3 is 2.29 bits per heavy atom. The van der Waals surface area contributed by atoms with Gasteiger partial charge in [-0.3, -0.25) is 9.10 Å². The molecule has 1 aliphatic carbocycles. The zero-order chi connectivity index (χ0) is 20.3. The Bertz CT molecular complexity index is 942. The molecule has 0 heterocycles. The first-order valence-corrected chi connectivity index (χ1v) is 11.6. The maximum Gasteiger partial charge on any atom is 0.244 e. The minimum Gasteiger partial charge on any atom is -0.348 e. The van der Waals surface area contributed by atoms with Crippen LogP contribution in [0, 0.1) is 0 Å². The predicted molar refractivity (Wildman–Crippen MR) is 113 cm³/mol. The molecule has 0 saturated heterocycles. The molecule has 0 spiro atoms. The fraction of sp³-hybridized carbons (Fsp3) is 0.409. The maximum absolute atomic E-state index is 12.9. The van der Waals surface area contributed by atoms with Crippen LogP contribution in [0.5, 0.6) is 0 Å². The number of rotatable bonds is 6. The van der Waals surface area contributed by atoms with Crippen LogP contribution in [0.15, 0.2) is 48.5 Å². The van der Waals surface area contributed by atoms with Gasteiger partial charge in [0.25, 0.3) is 0 Å². The van der Waals surface area contributed by atoms with Gasteiger partial charge < -0.3 is 5.32 Å². The summed E-state index contributed by atoms with van der Waals surface area (Å²) in [5.74, 6) is -0.320. The van der Waals surface area contributed by atoms with Crippen LogP contribution in [0.4, 0.5) is 5.69 Å². The van der Waals surface area contributed by atoms with Crippen molar-refractivity contribution in [2.45, 2.75) is 51.6 Å². The smallest absolute Gasteiger partial charge is 0.244 e. The van der Waals surface area contributed by atoms with Crippen molar-refractivity contribution >= 4 is 21.6 Å². The molecule has 2 atom stereocenters. The van der Waals surface area contributed by atoms with Crippen LogP contribution in [0.2, 0.25) is 0 Å². The second-order valence-corrected chi connectivity index (χ2v) is 9.40. The first-order valence-electron chi connectivity index (χ1n) is 9.74. The van der Waals surface area contributed by atoms with Gasteiger partial charge in [-0.1, -0.05) is 36.4 Å². The van der Waals surface area contributed by atoms with E-state index >= 15 is 0 Å². The van der Waals surface area contributed by atoms with Crippen molar-refractivity contribution in [1.82, 2.24) is 5.32 Å². The van der Waals surface area contributed by atoms with Crippen LogP contribution in [-0.2, 0) is 27.7 Å². The molecular weight excluding hydrogens is 372 g/mol. The van der Waals surface area contributed by atoms with Crippen molar-refractivity contribution in [3.63, 3.8) is 0 Å². The number of sulfonamides is 1. The molecule has 1 amide bonds. The standard InChI is InChI=1S/C22H28N2O3S/c1-16(19-14-13-18-9-7-8-10-20(18)15-19)23-22(25)17(2)24(28(3,26)27)21-11-5-4-6-12-21/h4-6,11-17H,7-10H2,1-3H3,(H,23,25)/t16-,17+/m0/s1. The van der Waals surface area contributed by atoms with Crippen LogP contribution in [0.25, 0.3) is 0 Å². The van der Waals surface area contributed by atoms with Crippen molar-refractivity contribution in [3.8, 4) is 0 Å². The number of para-hydroxylation sites is 1. The maximum atomic E-state index is 12.9. The van der Waals surface area contributed by atoms with Gasteiger partial charge in [0.2, 0.25) is 15.9 Å². The highest BCUT2D eigenvalue weighted by molar-refractivity contribution is 7.92. The van der Waals surface area contributed by atoms with Gasteiger partial charge in [0.1, 0.15) is 6.04 Å². The lowest BCUT2D eigenvalue weighted by molar-refractivity contribution is -0.122. The number of carbonyl (C=O) groups is 1. The van der Waals surface area contributed by atoms with Gasteiger partial charge in [0.15, 0.2) is 0 Å². The average molecular weight is 401 g/mol. The summed E-state index contributed by atoms with van der Waals surface area (Å²) in [7, 11) is -3.60. The number of nitrogens with zero attached hydrogens (tertiary/aromatic N) is 1. The van der Waals surface area contributed by atoms with E-state index in [1.807, 2.05) is 13.0 Å². The summed E-state index contributed by atoms with van der Waals surface area (Å²) in [6, 6.07) is 14.1. The number of hydrogen-bond donors (Lipinski definition) is 1. The van der Waals surface area contributed by atoms with Gasteiger partial charge in [-0.25, -0.2) is 8.42 Å². The van der Waals surface area contributed by atoms with Crippen molar-refractivity contribution in [3.05, 3.63) is 65.2 Å². The second kappa shape index (κ2) is 8.35. The predicted octanol–water partition coefficient (Wildman–Crippen LogP) is 3.60. The molecule has 6 heteroatoms. The monoisotopic (exact) mass is 400 g/mol. The van der Waals surface area contributed by atoms with Crippen LogP contribution in [-0.4, -0.2) is 26.6 Å². The molecule has 28 heavy (non-hydrogen) atoms. The Morgan fingerprint density at radius 2 is 1.64 bits per heavy atom. The Balaban J connectivity index is 1.77. The number of amides is 1. The third-order valence-electron chi connectivity index (χ3n) is 5.33. The van der Waals surface area contributed by atoms with Crippen LogP contribution in [0.3, 0.4) is 0 Å². The molecule has 0 unspecified atom stereocenters. The van der Waals surface area contributed by atoms with E-state index in [9.17, 15) is 13.2 Å². The Kier molecular flexibility index (Phi) is 6.08. The molecule has 0 saturated carbocycles. The SMILES string of the molecule is C[C@H](NC(=O)[C@@H](C)N(c1ccccc1)S(C)(=O)=O)c1ccc2c(c1)CCCC2. The fourth-order valence-electron chi connectivity index (χ4n) is 3.82. The molecule has 0 fully saturated rings. The minimum atomic E-state index is -3.60. The summed E-state index contributed by atoms with van der Waals surface area (Å²) in [5.41, 5.74) is 4.29. The summed E-state index contributed by atoms with van der Waals surface area (Å²) < 4.78 is 25.8. The van der Waals surface area contributed by atoms with E-state index in [4.69, 9.17) is 0 Å². The highest BCUT2D eigenvalue weighted by atomic mass is 32.2. The lowest BCUT2D eigenvalue weighted by atomic mass is 9.89. The van der Waals surface area contributed by atoms with Crippen molar-refractivity contribution in [2.75, 3.05) is 10.6 Å². The first-order chi connectivity index (χ1) is 13.3. The number of carbonyl (C=O) groups excluding carboxylic acids is 1. The second-order valence-electron chi connectivity index (χ2n) is 7.54. The van der Waals surface area contributed by atoms with Crippen molar-refractivity contribution in [2.24, 2.45) is 0 Å². The summed E-state index contributed by atoms with van der Waals surface area (Å²) in [5, 5.41) is 2.98. The molecule has 5 nitrogen and oxygen atoms in total. The highest BCUT2D eigenvalue weighted by Gasteiger charge is 2.29. The molecule has 0 bridgehead atoms. The molecule has 0 aliphatic heterocycles. The topological polar surface area (TPSA) is 66.5 Å². The Hall–Kier alpha value is -2.34. The largest absolute Gasteiger partial charge is 0.348 e. The number of hydrogen-bond acceptors (Lipinski definition) is 3. The Labute approximate surface area is 167 Å². The Morgan fingerprint density at radius 1 is 1.00 bits per heavy atom. The molecule has 2 aromatic rings. The van der Waals surface area contributed by atoms with Gasteiger partial charge in [0.05, 0.1) is 18.0 Å². The summed E-state index contributed by atoms with van der Waals surface area (Å²) in [6.07, 6.45) is 5.76. The fourth-order valence-corrected chi connectivity index (χ4v) is 5.00. The van der Waals surface area contributed by atoms with E-state index < -0.39 is 16.1 Å². The molecule has 2 aromatic carbocycles. The molecule has 3 rings (SSSR count). The quantitative estimate of drug-likeness (QED) is 0.806. The summed E-state index contributed by atoms with van der Waals surface area (Å²) >= 11 is 0. The van der Waals surface area contributed by atoms with Crippen LogP contribution >= 0.6 is 0 Å². The van der Waals surface area contributed by atoms with E-state index in [0.717, 1.165) is 24.7 Å². The third kappa shape index (κ3) is 4.55. The van der Waals surface area contributed by atoms with Crippen LogP contribution in [0.1, 0.15) is 49.4 Å². The molecule has 1 N–H and O–H groups in total. The zero-order valence-electron chi connectivity index (χ0n) is 16.7. The van der Waals surface area contributed by atoms with E-state index in [0.29, 0.717) is 5.69 Å². The molecule has 1 aliphatic rings. The van der Waals surface area contributed by atoms with E-state index in [-0.39, 0.29) is 11.9 Å². The molecular formula is C22H28N2O3S. The lowest BCUT2D eigenvalue weighted by Crippen LogP contribution is -2.48. The molecule has 0 radical (unpaired) electrons. The molecule has 150 valence electrons. The third-order valence-corrected chi connectivity index (χ3v) is 6.57. The number of fused-ring (bicyclic) bond motifs is 1. The van der Waals surface area contributed by atoms with E-state index in [1.54, 1.807) is 31.2 Å². The first kappa shape index (κ1) is 20.4. The highest BCUT2D eigenvalue weighted by Crippen LogP contribution is 2.25. The van der Waals surface area contributed by atoms with Crippen LogP contribution < -0.4 is 9.62 Å². The average Bonchev–Trinajstić information content (AvgIpc) is 2.67. The van der Waals surface area contributed by atoms with Gasteiger partial charge in [-0.05, 0) is 68.4 Å². The number of aryl methyl sites for hydroxylation is 2. The number of benzene rings is 2. The summed E-state index contributed by atoms with van der Waals surface area (Å²) in [6.45, 7) is 3.55. The minimum absolute atomic E-state index is 0.195. The van der Waals surface area contributed by atoms with Crippen molar-refractivity contribution < 1.29 is 13.2 Å². The number of nitrogens with one attached hydrogen (secondary N) is 1.